The van der Waals surface area contributed by atoms with Crippen molar-refractivity contribution in [2.24, 2.45) is 5.92 Å². The van der Waals surface area contributed by atoms with Crippen molar-refractivity contribution in [1.29, 1.82) is 0 Å². The number of hydrogen-bond donors (Lipinski definition) is 1. The van der Waals surface area contributed by atoms with Crippen molar-refractivity contribution in [3.05, 3.63) is 27.1 Å². The molecule has 17 heavy (non-hydrogen) atoms. The van der Waals surface area contributed by atoms with Crippen LogP contribution >= 0.6 is 11.3 Å². The van der Waals surface area contributed by atoms with Crippen LogP contribution in [0.3, 0.4) is 0 Å². The molecule has 1 atom stereocenters. The normalized spacial score (nSPS) is 19.2. The number of nitrogens with one attached hydrogen (secondary N) is 1. The van der Waals surface area contributed by atoms with Gasteiger partial charge in [-0.15, -0.1) is 11.3 Å². The molecule has 2 aromatic heterocycles. The Labute approximate surface area is 102 Å². The van der Waals surface area contributed by atoms with Gasteiger partial charge in [0.2, 0.25) is 0 Å². The van der Waals surface area contributed by atoms with Gasteiger partial charge in [-0.3, -0.25) is 4.79 Å². The highest BCUT2D eigenvalue weighted by atomic mass is 32.1. The van der Waals surface area contributed by atoms with Gasteiger partial charge in [0.25, 0.3) is 5.56 Å². The van der Waals surface area contributed by atoms with E-state index in [9.17, 15) is 9.59 Å². The quantitative estimate of drug-likeness (QED) is 0.822. The van der Waals surface area contributed by atoms with Gasteiger partial charge in [0.15, 0.2) is 0 Å². The van der Waals surface area contributed by atoms with Crippen molar-refractivity contribution >= 4 is 27.8 Å². The summed E-state index contributed by atoms with van der Waals surface area (Å²) < 4.78 is 0. The van der Waals surface area contributed by atoms with E-state index in [0.717, 1.165) is 41.3 Å². The van der Waals surface area contributed by atoms with Crippen LogP contribution in [0, 0.1) is 5.92 Å². The molecule has 2 aromatic rings. The fourth-order valence-corrected chi connectivity index (χ4v) is 3.71. The monoisotopic (exact) mass is 248 g/mol. The maximum Gasteiger partial charge on any atom is 0.259 e. The van der Waals surface area contributed by atoms with Gasteiger partial charge in [-0.25, -0.2) is 4.98 Å². The first-order valence-electron chi connectivity index (χ1n) is 5.71. The van der Waals surface area contributed by atoms with E-state index < -0.39 is 0 Å². The summed E-state index contributed by atoms with van der Waals surface area (Å²) >= 11 is 1.61. The van der Waals surface area contributed by atoms with E-state index in [4.69, 9.17) is 0 Å². The number of fused-ring (bicyclic) bond motifs is 3. The van der Waals surface area contributed by atoms with Gasteiger partial charge in [-0.05, 0) is 30.7 Å². The molecule has 5 heteroatoms. The number of hydrogen-bond acceptors (Lipinski definition) is 4. The van der Waals surface area contributed by atoms with Crippen LogP contribution in [0.2, 0.25) is 0 Å². The average molecular weight is 248 g/mol. The van der Waals surface area contributed by atoms with Gasteiger partial charge in [-0.2, -0.15) is 0 Å². The Morgan fingerprint density at radius 2 is 2.47 bits per heavy atom. The highest BCUT2D eigenvalue weighted by Crippen LogP contribution is 2.36. The molecule has 0 saturated heterocycles. The lowest BCUT2D eigenvalue weighted by molar-refractivity contribution is -0.108. The molecule has 4 nitrogen and oxygen atoms in total. The number of rotatable bonds is 2. The Bertz CT molecular complexity index is 629. The molecular weight excluding hydrogens is 236 g/mol. The SMILES string of the molecule is O=CCC1CCc2sc3nc[nH]c(=O)c3c2C1. The van der Waals surface area contributed by atoms with Crippen molar-refractivity contribution in [2.75, 3.05) is 0 Å². The van der Waals surface area contributed by atoms with Gasteiger partial charge in [0.1, 0.15) is 11.1 Å². The molecule has 0 spiro atoms. The van der Waals surface area contributed by atoms with Crippen LogP contribution in [0.15, 0.2) is 11.1 Å². The average Bonchev–Trinajstić information content (AvgIpc) is 2.68. The summed E-state index contributed by atoms with van der Waals surface area (Å²) in [5.41, 5.74) is 1.07. The van der Waals surface area contributed by atoms with Gasteiger partial charge in [0, 0.05) is 11.3 Å². The Morgan fingerprint density at radius 1 is 1.59 bits per heavy atom. The topological polar surface area (TPSA) is 62.8 Å². The summed E-state index contributed by atoms with van der Waals surface area (Å²) in [5, 5.41) is 0.739. The van der Waals surface area contributed by atoms with E-state index in [1.807, 2.05) is 0 Å². The zero-order chi connectivity index (χ0) is 11.8. The number of nitrogens with zero attached hydrogens (tertiary/aromatic N) is 1. The Kier molecular flexibility index (Phi) is 2.55. The van der Waals surface area contributed by atoms with E-state index in [2.05, 4.69) is 9.97 Å². The Morgan fingerprint density at radius 3 is 3.29 bits per heavy atom. The molecule has 0 radical (unpaired) electrons. The molecule has 1 aliphatic carbocycles. The van der Waals surface area contributed by atoms with Gasteiger partial charge >= 0.3 is 0 Å². The second-order valence-electron chi connectivity index (χ2n) is 4.43. The van der Waals surface area contributed by atoms with Crippen molar-refractivity contribution in [3.63, 3.8) is 0 Å². The first-order chi connectivity index (χ1) is 8.29. The fourth-order valence-electron chi connectivity index (χ4n) is 2.53. The van der Waals surface area contributed by atoms with Crippen molar-refractivity contribution in [2.45, 2.75) is 25.7 Å². The minimum atomic E-state index is -0.0562. The third-order valence-electron chi connectivity index (χ3n) is 3.38. The summed E-state index contributed by atoms with van der Waals surface area (Å²) in [5.74, 6) is 0.386. The number of carbonyl (C=O) groups excluding carboxylic acids is 1. The summed E-state index contributed by atoms with van der Waals surface area (Å²) in [6, 6.07) is 0. The molecule has 2 heterocycles. The summed E-state index contributed by atoms with van der Waals surface area (Å²) in [7, 11) is 0. The lowest BCUT2D eigenvalue weighted by Gasteiger charge is -2.19. The lowest BCUT2D eigenvalue weighted by atomic mass is 9.86. The molecular formula is C12H12N2O2S. The highest BCUT2D eigenvalue weighted by molar-refractivity contribution is 7.18. The zero-order valence-corrected chi connectivity index (χ0v) is 10.0. The summed E-state index contributed by atoms with van der Waals surface area (Å²) in [6.45, 7) is 0. The van der Waals surface area contributed by atoms with Crippen molar-refractivity contribution in [3.8, 4) is 0 Å². The van der Waals surface area contributed by atoms with E-state index in [1.165, 1.54) is 11.2 Å². The molecule has 1 N–H and O–H groups in total. The summed E-state index contributed by atoms with van der Waals surface area (Å²) in [4.78, 5) is 31.3. The Balaban J connectivity index is 2.14. The van der Waals surface area contributed by atoms with Crippen LogP contribution in [0.25, 0.3) is 10.2 Å². The first kappa shape index (κ1) is 10.7. The molecule has 0 aliphatic heterocycles. The zero-order valence-electron chi connectivity index (χ0n) is 9.23. The Hall–Kier alpha value is -1.49. The molecule has 0 fully saturated rings. The predicted octanol–water partition coefficient (Wildman–Crippen LogP) is 1.68. The number of carbonyl (C=O) groups is 1. The fraction of sp³-hybridized carbons (Fsp3) is 0.417. The lowest BCUT2D eigenvalue weighted by Crippen LogP contribution is -2.15. The van der Waals surface area contributed by atoms with Crippen LogP contribution in [0.4, 0.5) is 0 Å². The van der Waals surface area contributed by atoms with Crippen molar-refractivity contribution in [1.82, 2.24) is 9.97 Å². The number of H-pyrrole nitrogens is 1. The smallest absolute Gasteiger partial charge is 0.259 e. The third-order valence-corrected chi connectivity index (χ3v) is 4.58. The van der Waals surface area contributed by atoms with Crippen LogP contribution in [-0.2, 0) is 17.6 Å². The van der Waals surface area contributed by atoms with E-state index in [0.29, 0.717) is 12.3 Å². The first-order valence-corrected chi connectivity index (χ1v) is 6.53. The maximum absolute atomic E-state index is 11.8. The van der Waals surface area contributed by atoms with E-state index >= 15 is 0 Å². The van der Waals surface area contributed by atoms with Gasteiger partial charge in [-0.1, -0.05) is 0 Å². The standard InChI is InChI=1S/C12H12N2O2S/c15-4-3-7-1-2-9-8(5-7)10-11(16)13-6-14-12(10)17-9/h4,6-7H,1-3,5H2,(H,13,14,16). The number of thiophene rings is 1. The van der Waals surface area contributed by atoms with Crippen LogP contribution in [0.1, 0.15) is 23.3 Å². The van der Waals surface area contributed by atoms with Crippen molar-refractivity contribution < 1.29 is 4.79 Å². The largest absolute Gasteiger partial charge is 0.313 e. The highest BCUT2D eigenvalue weighted by Gasteiger charge is 2.24. The number of aryl methyl sites for hydroxylation is 1. The maximum atomic E-state index is 11.8. The van der Waals surface area contributed by atoms with Gasteiger partial charge < -0.3 is 9.78 Å². The molecule has 0 saturated carbocycles. The number of aldehydes is 1. The van der Waals surface area contributed by atoms with Crippen LogP contribution < -0.4 is 5.56 Å². The molecule has 3 rings (SSSR count). The number of aromatic nitrogens is 2. The van der Waals surface area contributed by atoms with Crippen LogP contribution in [0.5, 0.6) is 0 Å². The molecule has 1 unspecified atom stereocenters. The molecule has 0 bridgehead atoms. The molecule has 0 aromatic carbocycles. The molecule has 88 valence electrons. The third kappa shape index (κ3) is 1.70. The molecule has 1 aliphatic rings. The number of aromatic amines is 1. The predicted molar refractivity (Wildman–Crippen MR) is 66.4 cm³/mol. The second kappa shape index (κ2) is 4.07. The minimum absolute atomic E-state index is 0.0562. The molecule has 0 amide bonds. The minimum Gasteiger partial charge on any atom is -0.313 e. The van der Waals surface area contributed by atoms with Crippen LogP contribution in [-0.4, -0.2) is 16.3 Å². The second-order valence-corrected chi connectivity index (χ2v) is 5.51. The van der Waals surface area contributed by atoms with Gasteiger partial charge in [0.05, 0.1) is 11.7 Å². The summed E-state index contributed by atoms with van der Waals surface area (Å²) in [6.07, 6.45) is 5.87. The van der Waals surface area contributed by atoms with E-state index in [-0.39, 0.29) is 5.56 Å². The van der Waals surface area contributed by atoms with E-state index in [1.54, 1.807) is 11.3 Å².